The second-order valence-corrected chi connectivity index (χ2v) is 10.4. The van der Waals surface area contributed by atoms with Gasteiger partial charge in [-0.15, -0.1) is 0 Å². The molecule has 0 radical (unpaired) electrons. The molecule has 0 saturated heterocycles. The largest absolute Gasteiger partial charge is 0.340 e. The Morgan fingerprint density at radius 2 is 1.95 bits per heavy atom. The highest BCUT2D eigenvalue weighted by atomic mass is 16.1. The van der Waals surface area contributed by atoms with Gasteiger partial charge in [-0.05, 0) is 43.3 Å². The maximum Gasteiger partial charge on any atom is 0.224 e. The summed E-state index contributed by atoms with van der Waals surface area (Å²) in [5.41, 5.74) is 6.48. The number of hydrogen-bond donors (Lipinski definition) is 3. The van der Waals surface area contributed by atoms with Gasteiger partial charge in [-0.3, -0.25) is 24.9 Å². The predicted octanol–water partition coefficient (Wildman–Crippen LogP) is 5.58. The molecule has 0 unspecified atom stereocenters. The third-order valence-electron chi connectivity index (χ3n) is 5.99. The number of aryl methyl sites for hydroxylation is 1. The summed E-state index contributed by atoms with van der Waals surface area (Å²) in [5.74, 6) is 0.554. The minimum atomic E-state index is -0.109. The zero-order valence-corrected chi connectivity index (χ0v) is 22.3. The van der Waals surface area contributed by atoms with Gasteiger partial charge in [0.05, 0.1) is 28.7 Å². The highest BCUT2D eigenvalue weighted by Crippen LogP contribution is 2.31. The minimum absolute atomic E-state index is 0.0538. The van der Waals surface area contributed by atoms with E-state index in [0.717, 1.165) is 33.5 Å². The molecule has 3 N–H and O–H groups in total. The first-order chi connectivity index (χ1) is 18.7. The van der Waals surface area contributed by atoms with Crippen molar-refractivity contribution in [2.24, 2.45) is 10.4 Å². The highest BCUT2D eigenvalue weighted by molar-refractivity contribution is 5.94. The van der Waals surface area contributed by atoms with Crippen molar-refractivity contribution < 1.29 is 4.79 Å². The Labute approximate surface area is 225 Å². The van der Waals surface area contributed by atoms with Gasteiger partial charge in [0.15, 0.2) is 11.5 Å². The Hall–Kier alpha value is -4.99. The molecule has 0 saturated carbocycles. The molecule has 5 heterocycles. The van der Waals surface area contributed by atoms with Crippen molar-refractivity contribution in [3.05, 3.63) is 78.4 Å². The fourth-order valence-electron chi connectivity index (χ4n) is 4.29. The lowest BCUT2D eigenvalue weighted by atomic mass is 9.92. The van der Waals surface area contributed by atoms with Crippen LogP contribution in [0.4, 0.5) is 5.69 Å². The number of nitrogens with one attached hydrogen (secondary N) is 3. The second-order valence-electron chi connectivity index (χ2n) is 10.4. The molecule has 5 rings (SSSR count). The fraction of sp³-hybridized carbons (Fsp3) is 0.207. The summed E-state index contributed by atoms with van der Waals surface area (Å²) in [6.07, 6.45) is 8.90. The molecule has 5 aromatic rings. The van der Waals surface area contributed by atoms with Crippen LogP contribution in [0.3, 0.4) is 0 Å². The topological polar surface area (TPSA) is 137 Å². The van der Waals surface area contributed by atoms with E-state index in [2.05, 4.69) is 47.2 Å². The summed E-state index contributed by atoms with van der Waals surface area (Å²) in [4.78, 5) is 37.9. The van der Waals surface area contributed by atoms with Crippen molar-refractivity contribution in [3.63, 3.8) is 0 Å². The van der Waals surface area contributed by atoms with Crippen LogP contribution in [-0.4, -0.2) is 47.7 Å². The number of H-pyrrole nitrogens is 2. The van der Waals surface area contributed by atoms with E-state index in [9.17, 15) is 4.79 Å². The van der Waals surface area contributed by atoms with Gasteiger partial charge in [0.1, 0.15) is 5.69 Å². The third-order valence-corrected chi connectivity index (χ3v) is 5.99. The lowest BCUT2D eigenvalue weighted by molar-refractivity contribution is -0.117. The van der Waals surface area contributed by atoms with Crippen LogP contribution >= 0.6 is 0 Å². The molecule has 0 bridgehead atoms. The number of aromatic nitrogens is 7. The fourth-order valence-corrected chi connectivity index (χ4v) is 4.29. The molecule has 0 aromatic carbocycles. The van der Waals surface area contributed by atoms with Gasteiger partial charge in [-0.1, -0.05) is 26.8 Å². The molecule has 39 heavy (non-hydrogen) atoms. The van der Waals surface area contributed by atoms with Crippen molar-refractivity contribution in [1.82, 2.24) is 35.1 Å². The summed E-state index contributed by atoms with van der Waals surface area (Å²) >= 11 is 0. The molecule has 1 amide bonds. The number of aliphatic imine (C=N–C) groups is 1. The SMILES string of the molecule is C=N/C=C(/c1ccccn1)c1nc(-c2[nH]nc3ncc(-c4cncc(NC(=O)CC(C)(C)C)c4)cc23)[nH]c1C. The Morgan fingerprint density at radius 1 is 1.13 bits per heavy atom. The molecule has 0 spiro atoms. The molecule has 0 atom stereocenters. The molecule has 10 heteroatoms. The molecule has 0 aliphatic rings. The smallest absolute Gasteiger partial charge is 0.224 e. The first-order valence-corrected chi connectivity index (χ1v) is 12.5. The van der Waals surface area contributed by atoms with Crippen LogP contribution in [0.25, 0.3) is 39.3 Å². The summed E-state index contributed by atoms with van der Waals surface area (Å²) in [6, 6.07) is 9.55. The monoisotopic (exact) mass is 519 g/mol. The number of hydrogen-bond acceptors (Lipinski definition) is 7. The number of carbonyl (C=O) groups excluding carboxylic acids is 1. The molecule has 196 valence electrons. The number of carbonyl (C=O) groups is 1. The number of rotatable bonds is 7. The number of imidazole rings is 1. The van der Waals surface area contributed by atoms with E-state index < -0.39 is 0 Å². The zero-order valence-electron chi connectivity index (χ0n) is 22.3. The Kier molecular flexibility index (Phi) is 6.84. The average Bonchev–Trinajstić information content (AvgIpc) is 3.49. The van der Waals surface area contributed by atoms with Crippen LogP contribution in [-0.2, 0) is 4.79 Å². The van der Waals surface area contributed by atoms with E-state index in [1.807, 2.05) is 58.0 Å². The van der Waals surface area contributed by atoms with Gasteiger partial charge in [-0.2, -0.15) is 5.10 Å². The van der Waals surface area contributed by atoms with Crippen LogP contribution in [0.5, 0.6) is 0 Å². The third kappa shape index (κ3) is 5.64. The normalized spacial score (nSPS) is 12.1. The standard InChI is InChI=1S/C29H29N9O/c1-17-25(22(16-30-5)23-8-6-7-9-32-23)36-28(34-17)26-21-11-19(14-33-27(21)38-37-26)18-10-20(15-31-13-18)35-24(39)12-29(2,3)4/h6-11,13-16H,5,12H2,1-4H3,(H,34,36)(H,35,39)(H,33,37,38)/b22-16-. The Balaban J connectivity index is 1.49. The summed E-state index contributed by atoms with van der Waals surface area (Å²) in [5, 5.41) is 11.2. The van der Waals surface area contributed by atoms with Crippen LogP contribution in [0.2, 0.25) is 0 Å². The molecular formula is C29H29N9O. The molecule has 10 nitrogen and oxygen atoms in total. The van der Waals surface area contributed by atoms with Gasteiger partial charge >= 0.3 is 0 Å². The van der Waals surface area contributed by atoms with E-state index in [1.54, 1.807) is 31.0 Å². The summed E-state index contributed by atoms with van der Waals surface area (Å²) in [6.45, 7) is 11.6. The van der Waals surface area contributed by atoms with Crippen molar-refractivity contribution in [2.45, 2.75) is 34.1 Å². The van der Waals surface area contributed by atoms with E-state index in [-0.39, 0.29) is 11.3 Å². The van der Waals surface area contributed by atoms with E-state index in [0.29, 0.717) is 35.0 Å². The number of amides is 1. The lowest BCUT2D eigenvalue weighted by Gasteiger charge is -2.17. The van der Waals surface area contributed by atoms with E-state index >= 15 is 0 Å². The average molecular weight is 520 g/mol. The number of nitrogens with zero attached hydrogens (tertiary/aromatic N) is 6. The number of pyridine rings is 3. The first-order valence-electron chi connectivity index (χ1n) is 12.5. The number of aromatic amines is 2. The molecular weight excluding hydrogens is 490 g/mol. The first kappa shape index (κ1) is 25.7. The number of anilines is 1. The summed E-state index contributed by atoms with van der Waals surface area (Å²) in [7, 11) is 0. The van der Waals surface area contributed by atoms with Gasteiger partial charge in [0, 0.05) is 53.6 Å². The number of fused-ring (bicyclic) bond motifs is 1. The zero-order chi connectivity index (χ0) is 27.6. The molecule has 5 aromatic heterocycles. The van der Waals surface area contributed by atoms with E-state index in [4.69, 9.17) is 4.98 Å². The van der Waals surface area contributed by atoms with Gasteiger partial charge < -0.3 is 10.3 Å². The van der Waals surface area contributed by atoms with Crippen molar-refractivity contribution in [1.29, 1.82) is 0 Å². The molecule has 0 fully saturated rings. The predicted molar refractivity (Wildman–Crippen MR) is 153 cm³/mol. The van der Waals surface area contributed by atoms with Gasteiger partial charge in [0.2, 0.25) is 5.91 Å². The van der Waals surface area contributed by atoms with Gasteiger partial charge in [0.25, 0.3) is 0 Å². The van der Waals surface area contributed by atoms with Crippen molar-refractivity contribution >= 4 is 34.9 Å². The van der Waals surface area contributed by atoms with Crippen molar-refractivity contribution in [3.8, 4) is 22.6 Å². The van der Waals surface area contributed by atoms with E-state index in [1.165, 1.54) is 0 Å². The maximum atomic E-state index is 12.4. The lowest BCUT2D eigenvalue weighted by Crippen LogP contribution is -2.19. The Morgan fingerprint density at radius 3 is 2.69 bits per heavy atom. The van der Waals surface area contributed by atoms with Crippen molar-refractivity contribution in [2.75, 3.05) is 5.32 Å². The summed E-state index contributed by atoms with van der Waals surface area (Å²) < 4.78 is 0. The van der Waals surface area contributed by atoms with Crippen LogP contribution < -0.4 is 5.32 Å². The molecule has 0 aliphatic carbocycles. The minimum Gasteiger partial charge on any atom is -0.340 e. The Bertz CT molecular complexity index is 1690. The van der Waals surface area contributed by atoms with Gasteiger partial charge in [-0.25, -0.2) is 9.97 Å². The van der Waals surface area contributed by atoms with Crippen LogP contribution in [0.1, 0.15) is 44.3 Å². The second kappa shape index (κ2) is 10.4. The van der Waals surface area contributed by atoms with Crippen LogP contribution in [0, 0.1) is 12.3 Å². The molecule has 0 aliphatic heterocycles. The quantitative estimate of drug-likeness (QED) is 0.240. The maximum absolute atomic E-state index is 12.4. The van der Waals surface area contributed by atoms with Crippen LogP contribution in [0.15, 0.2) is 66.3 Å². The highest BCUT2D eigenvalue weighted by Gasteiger charge is 2.19.